The Morgan fingerprint density at radius 2 is 1.23 bits per heavy atom. The largest absolute Gasteiger partial charge is 0.103 e. The lowest BCUT2D eigenvalue weighted by atomic mass is 10.0. The van der Waals surface area contributed by atoms with Gasteiger partial charge in [-0.1, -0.05) is 81.9 Å². The van der Waals surface area contributed by atoms with Gasteiger partial charge >= 0.3 is 0 Å². The van der Waals surface area contributed by atoms with Crippen LogP contribution in [0.15, 0.2) is 49.1 Å². The monoisotopic (exact) mass is 360 g/mol. The smallest absolute Gasteiger partial charge is 0.0257 e. The summed E-state index contributed by atoms with van der Waals surface area (Å²) >= 11 is 0. The number of allylic oxidation sites excluding steroid dienone is 6. The molecule has 0 aliphatic carbocycles. The van der Waals surface area contributed by atoms with Crippen LogP contribution in [0.5, 0.6) is 0 Å². The van der Waals surface area contributed by atoms with Gasteiger partial charge < -0.3 is 0 Å². The highest BCUT2D eigenvalue weighted by Gasteiger charge is 1.94. The van der Waals surface area contributed by atoms with Crippen LogP contribution in [0.2, 0.25) is 0 Å². The van der Waals surface area contributed by atoms with Gasteiger partial charge in [-0.2, -0.15) is 0 Å². The Balaban J connectivity index is 0. The van der Waals surface area contributed by atoms with Crippen molar-refractivity contribution in [3.8, 4) is 0 Å². The Morgan fingerprint density at radius 3 is 1.77 bits per heavy atom. The fourth-order valence-electron chi connectivity index (χ4n) is 2.86. The maximum atomic E-state index is 3.73. The first kappa shape index (κ1) is 27.2. The molecule has 0 heteroatoms. The first-order chi connectivity index (χ1) is 12.6. The zero-order chi connectivity index (χ0) is 19.9. The Labute approximate surface area is 166 Å². The molecule has 0 fully saturated rings. The molecule has 0 bridgehead atoms. The van der Waals surface area contributed by atoms with Crippen LogP contribution in [0.4, 0.5) is 0 Å². The summed E-state index contributed by atoms with van der Waals surface area (Å²) in [5.41, 5.74) is 1.41. The van der Waals surface area contributed by atoms with E-state index in [1.807, 2.05) is 12.2 Å². The van der Waals surface area contributed by atoms with Crippen LogP contribution in [-0.4, -0.2) is 0 Å². The van der Waals surface area contributed by atoms with Gasteiger partial charge in [0.1, 0.15) is 0 Å². The van der Waals surface area contributed by atoms with Crippen molar-refractivity contribution in [3.63, 3.8) is 0 Å². The molecule has 0 radical (unpaired) electrons. The average Bonchev–Trinajstić information content (AvgIpc) is 2.61. The summed E-state index contributed by atoms with van der Waals surface area (Å²) in [5.74, 6) is 0.711. The fourth-order valence-corrected chi connectivity index (χ4v) is 2.86. The molecule has 0 aromatic heterocycles. The van der Waals surface area contributed by atoms with E-state index >= 15 is 0 Å². The summed E-state index contributed by atoms with van der Waals surface area (Å²) in [4.78, 5) is 0. The van der Waals surface area contributed by atoms with Gasteiger partial charge in [0, 0.05) is 0 Å². The Hall–Kier alpha value is -1.04. The van der Waals surface area contributed by atoms with Crippen molar-refractivity contribution in [1.82, 2.24) is 0 Å². The average molecular weight is 361 g/mol. The highest BCUT2D eigenvalue weighted by molar-refractivity contribution is 4.96. The maximum absolute atomic E-state index is 3.73. The van der Waals surface area contributed by atoms with E-state index in [1.165, 1.54) is 82.6 Å². The van der Waals surface area contributed by atoms with E-state index in [0.717, 1.165) is 6.42 Å². The minimum Gasteiger partial charge on any atom is -0.103 e. The van der Waals surface area contributed by atoms with E-state index in [1.54, 1.807) is 0 Å². The molecule has 0 saturated heterocycles. The van der Waals surface area contributed by atoms with Crippen LogP contribution < -0.4 is 0 Å². The van der Waals surface area contributed by atoms with Crippen molar-refractivity contribution in [2.75, 3.05) is 0 Å². The van der Waals surface area contributed by atoms with Crippen molar-refractivity contribution < 1.29 is 0 Å². The fraction of sp³-hybridized carbons (Fsp3) is 0.692. The molecule has 0 amide bonds. The molecule has 152 valence electrons. The van der Waals surface area contributed by atoms with Gasteiger partial charge in [-0.3, -0.25) is 0 Å². The molecule has 0 aliphatic rings. The Morgan fingerprint density at radius 1 is 0.731 bits per heavy atom. The Bertz CT molecular complexity index is 341. The zero-order valence-electron chi connectivity index (χ0n) is 18.6. The van der Waals surface area contributed by atoms with Gasteiger partial charge in [0.2, 0.25) is 0 Å². The molecule has 0 N–H and O–H groups in total. The Kier molecular flexibility index (Phi) is 25.0. The van der Waals surface area contributed by atoms with Gasteiger partial charge in [0.15, 0.2) is 0 Å². The van der Waals surface area contributed by atoms with E-state index in [2.05, 4.69) is 59.1 Å². The summed E-state index contributed by atoms with van der Waals surface area (Å²) < 4.78 is 0. The summed E-state index contributed by atoms with van der Waals surface area (Å²) in [6, 6.07) is 0. The number of hydrogen-bond acceptors (Lipinski definition) is 0. The van der Waals surface area contributed by atoms with E-state index < -0.39 is 0 Å². The SMILES string of the molecule is C=CCCC(C)C=C(C)C.C=CCCCC/C=C/CCCCCCCC. The molecule has 0 saturated carbocycles. The predicted molar refractivity (Wildman–Crippen MR) is 124 cm³/mol. The van der Waals surface area contributed by atoms with Crippen molar-refractivity contribution in [1.29, 1.82) is 0 Å². The van der Waals surface area contributed by atoms with Crippen LogP contribution in [0, 0.1) is 5.92 Å². The molecule has 0 rings (SSSR count). The molecule has 1 atom stereocenters. The van der Waals surface area contributed by atoms with Crippen molar-refractivity contribution in [3.05, 3.63) is 49.1 Å². The van der Waals surface area contributed by atoms with Crippen molar-refractivity contribution >= 4 is 0 Å². The summed E-state index contributed by atoms with van der Waals surface area (Å²) in [6.07, 6.45) is 28.1. The first-order valence-electron chi connectivity index (χ1n) is 11.1. The quantitative estimate of drug-likeness (QED) is 0.190. The minimum absolute atomic E-state index is 0.711. The second-order valence-electron chi connectivity index (χ2n) is 7.69. The van der Waals surface area contributed by atoms with Gasteiger partial charge in [0.25, 0.3) is 0 Å². The molecule has 0 heterocycles. The van der Waals surface area contributed by atoms with Crippen LogP contribution in [0.3, 0.4) is 0 Å². The summed E-state index contributed by atoms with van der Waals surface area (Å²) in [6.45, 7) is 16.2. The summed E-state index contributed by atoms with van der Waals surface area (Å²) in [7, 11) is 0. The van der Waals surface area contributed by atoms with Crippen LogP contribution >= 0.6 is 0 Å². The molecule has 26 heavy (non-hydrogen) atoms. The van der Waals surface area contributed by atoms with Crippen LogP contribution in [-0.2, 0) is 0 Å². The van der Waals surface area contributed by atoms with E-state index in [4.69, 9.17) is 0 Å². The third-order valence-corrected chi connectivity index (χ3v) is 4.36. The lowest BCUT2D eigenvalue weighted by molar-refractivity contribution is 0.611. The van der Waals surface area contributed by atoms with Gasteiger partial charge in [-0.25, -0.2) is 0 Å². The molecule has 0 aromatic rings. The zero-order valence-corrected chi connectivity index (χ0v) is 18.6. The van der Waals surface area contributed by atoms with Gasteiger partial charge in [-0.05, 0) is 71.1 Å². The van der Waals surface area contributed by atoms with E-state index in [0.29, 0.717) is 5.92 Å². The number of rotatable bonds is 16. The molecule has 0 nitrogen and oxygen atoms in total. The molecule has 1 unspecified atom stereocenters. The predicted octanol–water partition coefficient (Wildman–Crippen LogP) is 9.59. The molecular formula is C26H48. The minimum atomic E-state index is 0.711. The van der Waals surface area contributed by atoms with E-state index in [-0.39, 0.29) is 0 Å². The lowest BCUT2D eigenvalue weighted by Gasteiger charge is -2.03. The molecular weight excluding hydrogens is 312 g/mol. The highest BCUT2D eigenvalue weighted by atomic mass is 14.0. The van der Waals surface area contributed by atoms with Gasteiger partial charge in [0.05, 0.1) is 0 Å². The van der Waals surface area contributed by atoms with E-state index in [9.17, 15) is 0 Å². The van der Waals surface area contributed by atoms with Gasteiger partial charge in [-0.15, -0.1) is 13.2 Å². The third kappa shape index (κ3) is 27.8. The van der Waals surface area contributed by atoms with Crippen LogP contribution in [0.25, 0.3) is 0 Å². The highest BCUT2D eigenvalue weighted by Crippen LogP contribution is 2.09. The van der Waals surface area contributed by atoms with Crippen molar-refractivity contribution in [2.45, 2.75) is 111 Å². The van der Waals surface area contributed by atoms with Crippen LogP contribution in [0.1, 0.15) is 111 Å². The number of unbranched alkanes of at least 4 members (excludes halogenated alkanes) is 9. The molecule has 0 aliphatic heterocycles. The standard InChI is InChI=1S/C16H30.C10H18/c1-3-5-7-9-11-13-15-16-14-12-10-8-6-4-2;1-5-6-7-10(4)8-9(2)3/h3,13,15H,1,4-12,14,16H2,2H3;5,8,10H,1,6-7H2,2-4H3/b15-13+;. The molecule has 0 spiro atoms. The topological polar surface area (TPSA) is 0 Å². The molecule has 0 aromatic carbocycles. The second-order valence-corrected chi connectivity index (χ2v) is 7.69. The maximum Gasteiger partial charge on any atom is -0.0257 e. The first-order valence-corrected chi connectivity index (χ1v) is 11.1. The normalized spacial score (nSPS) is 11.5. The lowest BCUT2D eigenvalue weighted by Crippen LogP contribution is -1.88. The number of hydrogen-bond donors (Lipinski definition) is 0. The second kappa shape index (κ2) is 24.0. The third-order valence-electron chi connectivity index (χ3n) is 4.36. The van der Waals surface area contributed by atoms with Crippen molar-refractivity contribution in [2.24, 2.45) is 5.92 Å². The summed E-state index contributed by atoms with van der Waals surface area (Å²) in [5, 5.41) is 0.